The fourth-order valence-corrected chi connectivity index (χ4v) is 2.76. The maximum absolute atomic E-state index is 13.6. The minimum absolute atomic E-state index is 0.0467. The molecule has 2 N–H and O–H groups in total. The number of carbonyl (C=O) groups is 1. The largest absolute Gasteiger partial charge is 0.492 e. The number of hydrogen-bond acceptors (Lipinski definition) is 4. The van der Waals surface area contributed by atoms with Gasteiger partial charge in [-0.05, 0) is 44.2 Å². The van der Waals surface area contributed by atoms with Gasteiger partial charge in [-0.15, -0.1) is 0 Å². The Labute approximate surface area is 150 Å². The van der Waals surface area contributed by atoms with Crippen LogP contribution in [0.4, 0.5) is 20.2 Å². The zero-order valence-corrected chi connectivity index (χ0v) is 15.0. The molecule has 2 aromatic carbocycles. The van der Waals surface area contributed by atoms with Crippen LogP contribution in [0.1, 0.15) is 24.2 Å². The highest BCUT2D eigenvalue weighted by atomic mass is 32.2. The number of amides is 1. The Morgan fingerprint density at radius 3 is 2.35 bits per heavy atom. The smallest absolute Gasteiger partial charge is 0.258 e. The molecule has 0 saturated heterocycles. The number of nitrogens with one attached hydrogen (secondary N) is 2. The van der Waals surface area contributed by atoms with Gasteiger partial charge < -0.3 is 10.1 Å². The van der Waals surface area contributed by atoms with Crippen molar-refractivity contribution in [2.75, 3.05) is 22.4 Å². The molecule has 0 aliphatic rings. The van der Waals surface area contributed by atoms with Crippen LogP contribution >= 0.6 is 0 Å². The van der Waals surface area contributed by atoms with Crippen LogP contribution in [0.3, 0.4) is 0 Å². The van der Waals surface area contributed by atoms with Crippen molar-refractivity contribution in [3.63, 3.8) is 0 Å². The molecule has 0 fully saturated rings. The summed E-state index contributed by atoms with van der Waals surface area (Å²) >= 11 is 0. The Balaban J connectivity index is 2.38. The highest BCUT2D eigenvalue weighted by Gasteiger charge is 2.18. The van der Waals surface area contributed by atoms with Crippen LogP contribution in [-0.2, 0) is 10.0 Å². The summed E-state index contributed by atoms with van der Waals surface area (Å²) in [6.45, 7) is 3.43. The second-order valence-corrected chi connectivity index (χ2v) is 7.23. The molecule has 0 unspecified atom stereocenters. The van der Waals surface area contributed by atoms with E-state index < -0.39 is 27.6 Å². The quantitative estimate of drug-likeness (QED) is 0.767. The van der Waals surface area contributed by atoms with Crippen molar-refractivity contribution in [2.45, 2.75) is 13.8 Å². The molecule has 0 aliphatic carbocycles. The summed E-state index contributed by atoms with van der Waals surface area (Å²) in [6, 6.07) is 6.63. The molecule has 0 aromatic heterocycles. The predicted molar refractivity (Wildman–Crippen MR) is 95.0 cm³/mol. The van der Waals surface area contributed by atoms with Gasteiger partial charge in [-0.25, -0.2) is 17.2 Å². The Kier molecular flexibility index (Phi) is 6.14. The van der Waals surface area contributed by atoms with E-state index in [2.05, 4.69) is 10.0 Å². The topological polar surface area (TPSA) is 84.5 Å². The lowest BCUT2D eigenvalue weighted by Crippen LogP contribution is -2.20. The molecular weight excluding hydrogens is 366 g/mol. The maximum atomic E-state index is 13.6. The number of anilines is 2. The van der Waals surface area contributed by atoms with E-state index in [1.54, 1.807) is 6.92 Å². The average Bonchev–Trinajstić information content (AvgIpc) is 2.59. The van der Waals surface area contributed by atoms with Crippen molar-refractivity contribution in [1.82, 2.24) is 0 Å². The number of ether oxygens (including phenoxy) is 1. The average molecular weight is 384 g/mol. The second kappa shape index (κ2) is 8.13. The number of benzene rings is 2. The van der Waals surface area contributed by atoms with Gasteiger partial charge in [0.25, 0.3) is 5.91 Å². The minimum atomic E-state index is -3.67. The zero-order chi connectivity index (χ0) is 19.3. The highest BCUT2D eigenvalue weighted by molar-refractivity contribution is 7.92. The fourth-order valence-electron chi connectivity index (χ4n) is 2.10. The highest BCUT2D eigenvalue weighted by Crippen LogP contribution is 2.27. The summed E-state index contributed by atoms with van der Waals surface area (Å²) in [5.41, 5.74) is -0.278. The van der Waals surface area contributed by atoms with Crippen molar-refractivity contribution in [3.8, 4) is 5.75 Å². The van der Waals surface area contributed by atoms with Gasteiger partial charge in [0.05, 0.1) is 29.3 Å². The van der Waals surface area contributed by atoms with Crippen molar-refractivity contribution in [2.24, 2.45) is 0 Å². The zero-order valence-electron chi connectivity index (χ0n) is 14.2. The predicted octanol–water partition coefficient (Wildman–Crippen LogP) is 3.38. The van der Waals surface area contributed by atoms with Crippen LogP contribution in [0.2, 0.25) is 0 Å². The first-order valence-electron chi connectivity index (χ1n) is 7.79. The molecule has 1 amide bonds. The number of sulfonamides is 1. The SMILES string of the molecule is CCOc1ccc(F)cc1NC(=O)c1cc(F)ccc1NS(=O)(=O)CC. The molecule has 0 aliphatic heterocycles. The lowest BCUT2D eigenvalue weighted by molar-refractivity contribution is 0.102. The number of hydrogen-bond donors (Lipinski definition) is 2. The third kappa shape index (κ3) is 4.92. The lowest BCUT2D eigenvalue weighted by atomic mass is 10.1. The summed E-state index contributed by atoms with van der Waals surface area (Å²) in [4.78, 5) is 12.5. The van der Waals surface area contributed by atoms with Crippen LogP contribution in [0.25, 0.3) is 0 Å². The first-order valence-corrected chi connectivity index (χ1v) is 9.44. The second-order valence-electron chi connectivity index (χ2n) is 5.22. The number of carbonyl (C=O) groups excluding carboxylic acids is 1. The first-order chi connectivity index (χ1) is 12.3. The van der Waals surface area contributed by atoms with Crippen LogP contribution in [0, 0.1) is 11.6 Å². The van der Waals surface area contributed by atoms with E-state index in [-0.39, 0.29) is 35.0 Å². The van der Waals surface area contributed by atoms with E-state index in [1.165, 1.54) is 19.1 Å². The van der Waals surface area contributed by atoms with E-state index in [1.807, 2.05) is 0 Å². The molecule has 0 saturated carbocycles. The van der Waals surface area contributed by atoms with E-state index in [9.17, 15) is 22.0 Å². The van der Waals surface area contributed by atoms with Gasteiger partial charge in [-0.1, -0.05) is 0 Å². The molecule has 0 atom stereocenters. The van der Waals surface area contributed by atoms with Gasteiger partial charge in [0.1, 0.15) is 17.4 Å². The van der Waals surface area contributed by atoms with Gasteiger partial charge in [0.15, 0.2) is 0 Å². The van der Waals surface area contributed by atoms with Gasteiger partial charge in [0.2, 0.25) is 10.0 Å². The maximum Gasteiger partial charge on any atom is 0.258 e. The third-order valence-electron chi connectivity index (χ3n) is 3.36. The van der Waals surface area contributed by atoms with E-state index in [4.69, 9.17) is 4.74 Å². The molecule has 140 valence electrons. The standard InChI is InChI=1S/C17H18F2N2O4S/c1-3-25-16-8-6-12(19)10-15(16)20-17(22)13-9-11(18)5-7-14(13)21-26(23,24)4-2/h5-10,21H,3-4H2,1-2H3,(H,20,22). The van der Waals surface area contributed by atoms with Crippen molar-refractivity contribution in [3.05, 3.63) is 53.6 Å². The number of halogens is 2. The van der Waals surface area contributed by atoms with Gasteiger partial charge in [-0.3, -0.25) is 9.52 Å². The van der Waals surface area contributed by atoms with Crippen LogP contribution < -0.4 is 14.8 Å². The number of rotatable bonds is 7. The van der Waals surface area contributed by atoms with E-state index in [0.717, 1.165) is 24.3 Å². The molecule has 0 radical (unpaired) electrons. The summed E-state index contributed by atoms with van der Waals surface area (Å²) < 4.78 is 58.1. The molecule has 0 heterocycles. The molecule has 2 rings (SSSR count). The molecule has 6 nitrogen and oxygen atoms in total. The minimum Gasteiger partial charge on any atom is -0.492 e. The summed E-state index contributed by atoms with van der Waals surface area (Å²) in [5, 5.41) is 2.42. The first kappa shape index (κ1) is 19.6. The molecule has 26 heavy (non-hydrogen) atoms. The van der Waals surface area contributed by atoms with Crippen LogP contribution in [-0.4, -0.2) is 26.7 Å². The van der Waals surface area contributed by atoms with Gasteiger partial charge >= 0.3 is 0 Å². The lowest BCUT2D eigenvalue weighted by Gasteiger charge is -2.14. The van der Waals surface area contributed by atoms with Crippen LogP contribution in [0.5, 0.6) is 5.75 Å². The summed E-state index contributed by atoms with van der Waals surface area (Å²) in [6.07, 6.45) is 0. The Morgan fingerprint density at radius 2 is 1.69 bits per heavy atom. The molecule has 9 heteroatoms. The summed E-state index contributed by atoms with van der Waals surface area (Å²) in [5.74, 6) is -2.13. The molecule has 0 bridgehead atoms. The van der Waals surface area contributed by atoms with E-state index in [0.29, 0.717) is 0 Å². The fraction of sp³-hybridized carbons (Fsp3) is 0.235. The molecule has 0 spiro atoms. The monoisotopic (exact) mass is 384 g/mol. The third-order valence-corrected chi connectivity index (χ3v) is 4.65. The Hall–Kier alpha value is -2.68. The molecular formula is C17H18F2N2O4S. The van der Waals surface area contributed by atoms with Crippen molar-refractivity contribution >= 4 is 27.3 Å². The van der Waals surface area contributed by atoms with Crippen molar-refractivity contribution in [1.29, 1.82) is 0 Å². The van der Waals surface area contributed by atoms with Gasteiger partial charge in [0, 0.05) is 6.07 Å². The normalized spacial score (nSPS) is 11.1. The van der Waals surface area contributed by atoms with E-state index >= 15 is 0 Å². The molecule has 2 aromatic rings. The van der Waals surface area contributed by atoms with Gasteiger partial charge in [-0.2, -0.15) is 0 Å². The summed E-state index contributed by atoms with van der Waals surface area (Å²) in [7, 11) is -3.67. The Morgan fingerprint density at radius 1 is 1.04 bits per heavy atom. The van der Waals surface area contributed by atoms with Crippen molar-refractivity contribution < 1.29 is 26.7 Å². The van der Waals surface area contributed by atoms with Crippen LogP contribution in [0.15, 0.2) is 36.4 Å². The Bertz CT molecular complexity index is 917.